The van der Waals surface area contributed by atoms with Gasteiger partial charge in [-0.3, -0.25) is 24.6 Å². The second-order valence-corrected chi connectivity index (χ2v) is 9.97. The van der Waals surface area contributed by atoms with Crippen molar-refractivity contribution in [3.8, 4) is 0 Å². The number of aliphatic hydroxyl groups excluding tert-OH is 1. The molecule has 1 aromatic rings. The van der Waals surface area contributed by atoms with Crippen molar-refractivity contribution >= 4 is 29.6 Å². The summed E-state index contributed by atoms with van der Waals surface area (Å²) in [4.78, 5) is 55.5. The fraction of sp³-hybridized carbons (Fsp3) is 0.538. The molecular weight excluding hydrogens is 482 g/mol. The molecule has 2 N–H and O–H groups in total. The normalized spacial score (nSPS) is 33.6. The number of likely N-dealkylation sites (tertiary alicyclic amines) is 1. The van der Waals surface area contributed by atoms with Crippen molar-refractivity contribution in [2.75, 3.05) is 39.0 Å². The van der Waals surface area contributed by atoms with Gasteiger partial charge in [0.15, 0.2) is 0 Å². The molecule has 2 heterocycles. The number of carbonyl (C=O) groups excluding carboxylic acids is 4. The highest BCUT2D eigenvalue weighted by Gasteiger charge is 2.81. The van der Waals surface area contributed by atoms with Crippen LogP contribution in [0.25, 0.3) is 0 Å². The number of aliphatic hydroxyl groups is 1. The van der Waals surface area contributed by atoms with E-state index in [1.807, 2.05) is 30.3 Å². The molecular formula is C26H31N3O8. The van der Waals surface area contributed by atoms with Gasteiger partial charge in [-0.1, -0.05) is 30.4 Å². The lowest BCUT2D eigenvalue weighted by molar-refractivity contribution is -0.157. The van der Waals surface area contributed by atoms with Crippen LogP contribution in [0.4, 0.5) is 10.5 Å². The van der Waals surface area contributed by atoms with Crippen LogP contribution >= 0.6 is 0 Å². The van der Waals surface area contributed by atoms with E-state index in [2.05, 4.69) is 5.32 Å². The SMILES string of the molecule is CCOC(=O)NC(O)[C@]12C(=O)N(C)[C@@H]3[C@@H](COC(C)=O)[C@H]1C=C[C@]1(C(=O)N(COC)c4ccccc41)[C@@H]32. The Bertz CT molecular complexity index is 1190. The van der Waals surface area contributed by atoms with Crippen LogP contribution in [0.2, 0.25) is 0 Å². The lowest BCUT2D eigenvalue weighted by atomic mass is 9.55. The molecule has 1 saturated carbocycles. The minimum atomic E-state index is -1.66. The summed E-state index contributed by atoms with van der Waals surface area (Å²) in [5.74, 6) is -2.95. The van der Waals surface area contributed by atoms with Gasteiger partial charge in [-0.15, -0.1) is 0 Å². The molecule has 1 aromatic carbocycles. The molecule has 0 radical (unpaired) electrons. The Balaban J connectivity index is 1.72. The largest absolute Gasteiger partial charge is 0.465 e. The number of hydrogen-bond donors (Lipinski definition) is 2. The highest BCUT2D eigenvalue weighted by Crippen LogP contribution is 2.70. The second-order valence-electron chi connectivity index (χ2n) is 9.97. The molecule has 7 atom stereocenters. The molecule has 2 aliphatic carbocycles. The van der Waals surface area contributed by atoms with E-state index in [0.717, 1.165) is 0 Å². The van der Waals surface area contributed by atoms with Crippen LogP contribution in [0, 0.1) is 23.2 Å². The van der Waals surface area contributed by atoms with Crippen LogP contribution in [0.3, 0.4) is 0 Å². The second kappa shape index (κ2) is 8.84. The third-order valence-electron chi connectivity index (χ3n) is 8.46. The summed E-state index contributed by atoms with van der Waals surface area (Å²) in [6.07, 6.45) is 1.06. The van der Waals surface area contributed by atoms with Crippen molar-refractivity contribution in [3.05, 3.63) is 42.0 Å². The summed E-state index contributed by atoms with van der Waals surface area (Å²) < 4.78 is 15.7. The lowest BCUT2D eigenvalue weighted by Gasteiger charge is -2.47. The first-order valence-electron chi connectivity index (χ1n) is 12.3. The van der Waals surface area contributed by atoms with E-state index < -0.39 is 58.8 Å². The fourth-order valence-electron chi connectivity index (χ4n) is 7.35. The van der Waals surface area contributed by atoms with Crippen molar-refractivity contribution in [1.29, 1.82) is 0 Å². The molecule has 3 amide bonds. The molecule has 2 aliphatic heterocycles. The van der Waals surface area contributed by atoms with Crippen LogP contribution in [-0.4, -0.2) is 80.3 Å². The number of anilines is 1. The first-order chi connectivity index (χ1) is 17.7. The smallest absolute Gasteiger partial charge is 0.409 e. The topological polar surface area (TPSA) is 135 Å². The number of allylic oxidation sites excluding steroid dienone is 1. The zero-order valence-corrected chi connectivity index (χ0v) is 21.2. The zero-order valence-electron chi connectivity index (χ0n) is 21.2. The molecule has 4 aliphatic rings. The number of hydrogen-bond acceptors (Lipinski definition) is 8. The third-order valence-corrected chi connectivity index (χ3v) is 8.46. The van der Waals surface area contributed by atoms with Gasteiger partial charge in [0.25, 0.3) is 0 Å². The van der Waals surface area contributed by atoms with Crippen LogP contribution in [-0.2, 0) is 34.0 Å². The van der Waals surface area contributed by atoms with E-state index in [4.69, 9.17) is 14.2 Å². The number of methoxy groups -OCH3 is 1. The maximum Gasteiger partial charge on any atom is 0.409 e. The third kappa shape index (κ3) is 3.13. The first kappa shape index (κ1) is 25.2. The molecule has 11 heteroatoms. The number of benzene rings is 1. The van der Waals surface area contributed by atoms with E-state index in [0.29, 0.717) is 11.3 Å². The van der Waals surface area contributed by atoms with Gasteiger partial charge in [-0.05, 0) is 18.6 Å². The van der Waals surface area contributed by atoms with Crippen molar-refractivity contribution in [2.24, 2.45) is 23.2 Å². The average Bonchev–Trinajstić information content (AvgIpc) is 3.32. The first-order valence-corrected chi connectivity index (χ1v) is 12.3. The Hall–Kier alpha value is -3.44. The average molecular weight is 514 g/mol. The van der Waals surface area contributed by atoms with Gasteiger partial charge < -0.3 is 24.2 Å². The molecule has 4 bridgehead atoms. The van der Waals surface area contributed by atoms with Gasteiger partial charge in [0.2, 0.25) is 11.8 Å². The summed E-state index contributed by atoms with van der Waals surface area (Å²) >= 11 is 0. The molecule has 198 valence electrons. The van der Waals surface area contributed by atoms with E-state index in [9.17, 15) is 24.3 Å². The number of rotatable bonds is 7. The van der Waals surface area contributed by atoms with Gasteiger partial charge in [0, 0.05) is 44.9 Å². The summed E-state index contributed by atoms with van der Waals surface area (Å²) in [5.41, 5.74) is -1.58. The Kier molecular flexibility index (Phi) is 6.03. The van der Waals surface area contributed by atoms with Gasteiger partial charge >= 0.3 is 12.1 Å². The molecule has 5 rings (SSSR count). The minimum Gasteiger partial charge on any atom is -0.465 e. The van der Waals surface area contributed by atoms with Crippen molar-refractivity contribution in [3.63, 3.8) is 0 Å². The van der Waals surface area contributed by atoms with Crippen LogP contribution in [0.5, 0.6) is 0 Å². The highest BCUT2D eigenvalue weighted by molar-refractivity contribution is 6.11. The number of ether oxygens (including phenoxy) is 3. The van der Waals surface area contributed by atoms with Gasteiger partial charge in [0.1, 0.15) is 23.8 Å². The number of alkyl carbamates (subject to hydrolysis) is 1. The molecule has 2 fully saturated rings. The van der Waals surface area contributed by atoms with E-state index in [1.54, 1.807) is 20.0 Å². The number of carbonyl (C=O) groups is 4. The summed E-state index contributed by atoms with van der Waals surface area (Å²) in [7, 11) is 3.11. The molecule has 37 heavy (non-hydrogen) atoms. The van der Waals surface area contributed by atoms with Crippen LogP contribution in [0.1, 0.15) is 19.4 Å². The standard InChI is InChI=1S/C26H31N3O8/c1-5-36-24(34)27-21(31)26-16-10-11-25(17-8-6-7-9-18(17)29(13-35-4)22(25)32)20(26)19(28(3)23(26)33)15(16)12-37-14(2)30/h6-11,15-16,19-21,31H,5,12-13H2,1-4H3,(H,27,34)/t15-,16+,19+,20+,21?,25+,26-/m0/s1. The van der Waals surface area contributed by atoms with E-state index in [-0.39, 0.29) is 25.9 Å². The van der Waals surface area contributed by atoms with Crippen LogP contribution < -0.4 is 10.2 Å². The van der Waals surface area contributed by atoms with Gasteiger partial charge in [0.05, 0.1) is 18.9 Å². The molecule has 1 unspecified atom stereocenters. The van der Waals surface area contributed by atoms with Crippen molar-refractivity contribution in [2.45, 2.75) is 31.5 Å². The predicted molar refractivity (Wildman–Crippen MR) is 129 cm³/mol. The Morgan fingerprint density at radius 2 is 1.92 bits per heavy atom. The number of nitrogens with zero attached hydrogens (tertiary/aromatic N) is 2. The van der Waals surface area contributed by atoms with E-state index >= 15 is 0 Å². The maximum atomic E-state index is 14.3. The Morgan fingerprint density at radius 3 is 2.59 bits per heavy atom. The summed E-state index contributed by atoms with van der Waals surface area (Å²) in [6, 6.07) is 6.74. The van der Waals surface area contributed by atoms with Crippen molar-refractivity contribution < 1.29 is 38.5 Å². The van der Waals surface area contributed by atoms with Gasteiger partial charge in [-0.2, -0.15) is 0 Å². The summed E-state index contributed by atoms with van der Waals surface area (Å²) in [6.45, 7) is 3.00. The minimum absolute atomic E-state index is 0.00352. The van der Waals surface area contributed by atoms with E-state index in [1.165, 1.54) is 23.8 Å². The molecule has 1 spiro atoms. The van der Waals surface area contributed by atoms with Crippen molar-refractivity contribution in [1.82, 2.24) is 10.2 Å². The number of fused-ring (bicyclic) bond motifs is 2. The fourth-order valence-corrected chi connectivity index (χ4v) is 7.35. The highest BCUT2D eigenvalue weighted by atomic mass is 16.6. The lowest BCUT2D eigenvalue weighted by Crippen LogP contribution is -2.63. The molecule has 1 saturated heterocycles. The van der Waals surface area contributed by atoms with Gasteiger partial charge in [-0.25, -0.2) is 4.79 Å². The number of nitrogens with one attached hydrogen (secondary N) is 1. The number of esters is 1. The Labute approximate surface area is 214 Å². The number of para-hydroxylation sites is 1. The number of amides is 3. The van der Waals surface area contributed by atoms with Crippen LogP contribution in [0.15, 0.2) is 36.4 Å². The molecule has 11 nitrogen and oxygen atoms in total. The number of piperidine rings is 1. The monoisotopic (exact) mass is 513 g/mol. The zero-order chi connectivity index (χ0) is 26.7. The predicted octanol–water partition coefficient (Wildman–Crippen LogP) is 0.762. The molecule has 0 aromatic heterocycles. The maximum absolute atomic E-state index is 14.3. The Morgan fingerprint density at radius 1 is 1.19 bits per heavy atom. The summed E-state index contributed by atoms with van der Waals surface area (Å²) in [5, 5.41) is 14.1. The quantitative estimate of drug-likeness (QED) is 0.310.